The van der Waals surface area contributed by atoms with Crippen LogP contribution in [0.25, 0.3) is 10.2 Å². The first kappa shape index (κ1) is 19.6. The molecule has 0 saturated carbocycles. The Labute approximate surface area is 164 Å². The third kappa shape index (κ3) is 3.77. The second kappa shape index (κ2) is 7.85. The molecule has 0 aromatic carbocycles. The average molecular weight is 404 g/mol. The number of nitrogens with zero attached hydrogens (tertiary/aromatic N) is 1. The summed E-state index contributed by atoms with van der Waals surface area (Å²) in [6.07, 6.45) is 0. The van der Waals surface area contributed by atoms with Crippen LogP contribution in [0.3, 0.4) is 0 Å². The fourth-order valence-corrected chi connectivity index (χ4v) is 4.00. The first-order valence-corrected chi connectivity index (χ1v) is 9.40. The van der Waals surface area contributed by atoms with Crippen LogP contribution in [0.1, 0.15) is 27.9 Å². The van der Waals surface area contributed by atoms with E-state index in [1.807, 2.05) is 19.9 Å². The molecule has 0 unspecified atom stereocenters. The number of urea groups is 1. The van der Waals surface area contributed by atoms with Gasteiger partial charge in [-0.2, -0.15) is 0 Å². The SMILES string of the molecule is CCOC(=O)C1=C(COC(=O)c2sc3nc(C)cc(C)c3c2N)NC(=O)NC1. The zero-order chi connectivity index (χ0) is 20.4. The second-order valence-electron chi connectivity index (χ2n) is 6.17. The van der Waals surface area contributed by atoms with Crippen molar-refractivity contribution in [2.45, 2.75) is 20.8 Å². The number of ether oxygens (including phenoxy) is 2. The Bertz CT molecular complexity index is 1010. The minimum absolute atomic E-state index is 0.00896. The van der Waals surface area contributed by atoms with Crippen molar-refractivity contribution in [3.05, 3.63) is 33.5 Å². The van der Waals surface area contributed by atoms with Gasteiger partial charge in [0.2, 0.25) is 0 Å². The van der Waals surface area contributed by atoms with E-state index in [0.29, 0.717) is 10.5 Å². The van der Waals surface area contributed by atoms with Gasteiger partial charge < -0.3 is 25.8 Å². The highest BCUT2D eigenvalue weighted by atomic mass is 32.1. The Morgan fingerprint density at radius 3 is 2.75 bits per heavy atom. The Morgan fingerprint density at radius 2 is 2.04 bits per heavy atom. The van der Waals surface area contributed by atoms with Crippen LogP contribution in [-0.2, 0) is 14.3 Å². The van der Waals surface area contributed by atoms with Gasteiger partial charge in [-0.25, -0.2) is 19.4 Å². The van der Waals surface area contributed by atoms with Crippen molar-refractivity contribution < 1.29 is 23.9 Å². The van der Waals surface area contributed by atoms with Gasteiger partial charge in [0.25, 0.3) is 0 Å². The first-order valence-electron chi connectivity index (χ1n) is 8.59. The zero-order valence-corrected chi connectivity index (χ0v) is 16.5. The van der Waals surface area contributed by atoms with E-state index in [0.717, 1.165) is 28.0 Å². The molecular weight excluding hydrogens is 384 g/mol. The summed E-state index contributed by atoms with van der Waals surface area (Å²) >= 11 is 1.14. The van der Waals surface area contributed by atoms with Crippen LogP contribution in [0.15, 0.2) is 17.3 Å². The fourth-order valence-electron chi connectivity index (χ4n) is 2.89. The van der Waals surface area contributed by atoms with E-state index in [9.17, 15) is 14.4 Å². The van der Waals surface area contributed by atoms with Crippen LogP contribution in [0.5, 0.6) is 0 Å². The van der Waals surface area contributed by atoms with E-state index >= 15 is 0 Å². The maximum absolute atomic E-state index is 12.6. The number of thiophene rings is 1. The number of amides is 2. The molecule has 2 aromatic heterocycles. The lowest BCUT2D eigenvalue weighted by atomic mass is 10.1. The van der Waals surface area contributed by atoms with E-state index in [1.54, 1.807) is 6.92 Å². The number of anilines is 1. The summed E-state index contributed by atoms with van der Waals surface area (Å²) in [5.74, 6) is -1.24. The molecule has 3 heterocycles. The zero-order valence-electron chi connectivity index (χ0n) is 15.7. The molecule has 0 spiro atoms. The van der Waals surface area contributed by atoms with Crippen molar-refractivity contribution >= 4 is 45.2 Å². The number of aromatic nitrogens is 1. The number of nitrogens with two attached hydrogens (primary N) is 1. The van der Waals surface area contributed by atoms with Crippen molar-refractivity contribution in [2.24, 2.45) is 0 Å². The first-order chi connectivity index (χ1) is 13.3. The van der Waals surface area contributed by atoms with Gasteiger partial charge in [0.15, 0.2) is 0 Å². The van der Waals surface area contributed by atoms with E-state index < -0.39 is 18.0 Å². The summed E-state index contributed by atoms with van der Waals surface area (Å²) in [5.41, 5.74) is 8.58. The molecule has 1 aliphatic heterocycles. The highest BCUT2D eigenvalue weighted by Gasteiger charge is 2.26. The third-order valence-corrected chi connectivity index (χ3v) is 5.21. The van der Waals surface area contributed by atoms with Crippen LogP contribution < -0.4 is 16.4 Å². The Hall–Kier alpha value is -3.14. The van der Waals surface area contributed by atoms with Crippen LogP contribution in [0, 0.1) is 13.8 Å². The lowest BCUT2D eigenvalue weighted by Crippen LogP contribution is -2.45. The van der Waals surface area contributed by atoms with Crippen molar-refractivity contribution in [2.75, 3.05) is 25.5 Å². The smallest absolute Gasteiger partial charge is 0.350 e. The topological polar surface area (TPSA) is 133 Å². The van der Waals surface area contributed by atoms with E-state index in [-0.39, 0.29) is 35.9 Å². The summed E-state index contributed by atoms with van der Waals surface area (Å²) in [4.78, 5) is 41.5. The summed E-state index contributed by atoms with van der Waals surface area (Å²) in [6.45, 7) is 5.33. The average Bonchev–Trinajstić information content (AvgIpc) is 2.96. The fraction of sp³-hybridized carbons (Fsp3) is 0.333. The van der Waals surface area contributed by atoms with Gasteiger partial charge in [0.1, 0.15) is 16.3 Å². The number of fused-ring (bicyclic) bond motifs is 1. The van der Waals surface area contributed by atoms with Gasteiger partial charge >= 0.3 is 18.0 Å². The van der Waals surface area contributed by atoms with Crippen LogP contribution in [-0.4, -0.2) is 42.7 Å². The minimum atomic E-state index is -0.652. The maximum atomic E-state index is 12.6. The van der Waals surface area contributed by atoms with Crippen molar-refractivity contribution in [3.63, 3.8) is 0 Å². The van der Waals surface area contributed by atoms with Gasteiger partial charge in [-0.1, -0.05) is 0 Å². The molecule has 0 aliphatic carbocycles. The number of nitrogens with one attached hydrogen (secondary N) is 2. The number of rotatable bonds is 5. The molecule has 0 radical (unpaired) electrons. The van der Waals surface area contributed by atoms with E-state index in [2.05, 4.69) is 15.6 Å². The Kier molecular flexibility index (Phi) is 5.50. The molecule has 0 atom stereocenters. The number of hydrogen-bond donors (Lipinski definition) is 3. The van der Waals surface area contributed by atoms with Crippen molar-refractivity contribution in [1.82, 2.24) is 15.6 Å². The molecule has 4 N–H and O–H groups in total. The minimum Gasteiger partial charge on any atom is -0.463 e. The maximum Gasteiger partial charge on any atom is 0.350 e. The molecule has 10 heteroatoms. The summed E-state index contributed by atoms with van der Waals surface area (Å²) in [7, 11) is 0. The normalized spacial score (nSPS) is 13.9. The molecule has 9 nitrogen and oxygen atoms in total. The van der Waals surface area contributed by atoms with E-state index in [1.165, 1.54) is 0 Å². The van der Waals surface area contributed by atoms with Gasteiger partial charge in [-0.15, -0.1) is 11.3 Å². The van der Waals surface area contributed by atoms with Crippen LogP contribution in [0.4, 0.5) is 10.5 Å². The van der Waals surface area contributed by atoms with Gasteiger partial charge in [0, 0.05) is 11.1 Å². The molecule has 0 saturated heterocycles. The van der Waals surface area contributed by atoms with Crippen LogP contribution in [0.2, 0.25) is 0 Å². The predicted molar refractivity (Wildman–Crippen MR) is 104 cm³/mol. The van der Waals surface area contributed by atoms with Gasteiger partial charge in [0.05, 0.1) is 30.1 Å². The number of carbonyl (C=O) groups excluding carboxylic acids is 3. The summed E-state index contributed by atoms with van der Waals surface area (Å²) < 4.78 is 10.3. The molecule has 2 amide bonds. The number of aryl methyl sites for hydroxylation is 2. The second-order valence-corrected chi connectivity index (χ2v) is 7.17. The van der Waals surface area contributed by atoms with Crippen molar-refractivity contribution in [1.29, 1.82) is 0 Å². The summed E-state index contributed by atoms with van der Waals surface area (Å²) in [6, 6.07) is 1.40. The molecule has 3 rings (SSSR count). The molecule has 0 bridgehead atoms. The highest BCUT2D eigenvalue weighted by molar-refractivity contribution is 7.21. The third-order valence-electron chi connectivity index (χ3n) is 4.13. The van der Waals surface area contributed by atoms with Gasteiger partial charge in [-0.3, -0.25) is 0 Å². The molecule has 1 aliphatic rings. The molecule has 148 valence electrons. The molecule has 28 heavy (non-hydrogen) atoms. The van der Waals surface area contributed by atoms with Crippen LogP contribution >= 0.6 is 11.3 Å². The summed E-state index contributed by atoms with van der Waals surface area (Å²) in [5, 5.41) is 5.69. The molecule has 0 fully saturated rings. The molecule has 2 aromatic rings. The largest absolute Gasteiger partial charge is 0.463 e. The number of hydrogen-bond acceptors (Lipinski definition) is 8. The monoisotopic (exact) mass is 404 g/mol. The standard InChI is InChI=1S/C18H20N4O5S/c1-4-26-16(23)10-6-20-18(25)22-11(10)7-27-17(24)14-13(19)12-8(2)5-9(3)21-15(12)28-14/h5H,4,6-7,19H2,1-3H3,(H2,20,22,25). The van der Waals surface area contributed by atoms with E-state index in [4.69, 9.17) is 15.2 Å². The molecular formula is C18H20N4O5S. The highest BCUT2D eigenvalue weighted by Crippen LogP contribution is 2.35. The Balaban J connectivity index is 1.84. The lowest BCUT2D eigenvalue weighted by Gasteiger charge is -2.21. The predicted octanol–water partition coefficient (Wildman–Crippen LogP) is 1.78. The number of nitrogen functional groups attached to an aromatic ring is 1. The van der Waals surface area contributed by atoms with Gasteiger partial charge in [-0.05, 0) is 32.4 Å². The number of pyridine rings is 1. The Morgan fingerprint density at radius 1 is 1.29 bits per heavy atom. The van der Waals surface area contributed by atoms with Crippen molar-refractivity contribution in [3.8, 4) is 0 Å². The quantitative estimate of drug-likeness (QED) is 0.647. The number of esters is 2. The lowest BCUT2D eigenvalue weighted by molar-refractivity contribution is -0.138. The number of carbonyl (C=O) groups is 3.